The molecule has 2 aromatic rings. The third kappa shape index (κ3) is 7.08. The lowest BCUT2D eigenvalue weighted by Crippen LogP contribution is -2.53. The number of carbonyl (C=O) groups is 3. The Balaban J connectivity index is 1.57. The van der Waals surface area contributed by atoms with Crippen molar-refractivity contribution in [2.75, 3.05) is 32.6 Å². The summed E-state index contributed by atoms with van der Waals surface area (Å²) in [5.41, 5.74) is 0.877. The monoisotopic (exact) mass is 486 g/mol. The Morgan fingerprint density at radius 1 is 1.09 bits per heavy atom. The molecule has 3 rings (SSSR count). The minimum atomic E-state index is -0.794. The molecule has 1 aliphatic heterocycles. The van der Waals surface area contributed by atoms with E-state index < -0.39 is 11.9 Å². The highest BCUT2D eigenvalue weighted by molar-refractivity contribution is 5.90. The van der Waals surface area contributed by atoms with Gasteiger partial charge in [0, 0.05) is 38.5 Å². The number of urea groups is 1. The molecule has 0 bridgehead atoms. The molecule has 3 N–H and O–H groups in total. The lowest BCUT2D eigenvalue weighted by Gasteiger charge is -2.33. The van der Waals surface area contributed by atoms with Crippen LogP contribution in [0.1, 0.15) is 25.3 Å². The summed E-state index contributed by atoms with van der Waals surface area (Å²) in [7, 11) is 3.08. The van der Waals surface area contributed by atoms with Crippen LogP contribution in [0.4, 0.5) is 14.9 Å². The van der Waals surface area contributed by atoms with Crippen molar-refractivity contribution >= 4 is 23.5 Å². The van der Waals surface area contributed by atoms with E-state index in [0.29, 0.717) is 37.4 Å². The fraction of sp³-hybridized carbons (Fsp3) is 0.400. The number of carbonyl (C=O) groups excluding carboxylic acids is 3. The predicted molar refractivity (Wildman–Crippen MR) is 129 cm³/mol. The fourth-order valence-corrected chi connectivity index (χ4v) is 3.98. The lowest BCUT2D eigenvalue weighted by atomic mass is 10.0. The third-order valence-corrected chi connectivity index (χ3v) is 5.86. The van der Waals surface area contributed by atoms with Crippen molar-refractivity contribution in [1.29, 1.82) is 0 Å². The number of amides is 4. The van der Waals surface area contributed by atoms with Crippen LogP contribution in [0.3, 0.4) is 0 Å². The summed E-state index contributed by atoms with van der Waals surface area (Å²) in [6.45, 7) is 2.17. The zero-order valence-corrected chi connectivity index (χ0v) is 20.1. The molecule has 1 fully saturated rings. The first-order valence-electron chi connectivity index (χ1n) is 11.4. The van der Waals surface area contributed by atoms with Gasteiger partial charge in [0.25, 0.3) is 0 Å². The van der Waals surface area contributed by atoms with Crippen LogP contribution in [0.15, 0.2) is 42.5 Å². The van der Waals surface area contributed by atoms with Gasteiger partial charge >= 0.3 is 6.03 Å². The van der Waals surface area contributed by atoms with Gasteiger partial charge in [-0.15, -0.1) is 0 Å². The van der Waals surface area contributed by atoms with Crippen molar-refractivity contribution in [2.24, 2.45) is 0 Å². The molecule has 1 saturated heterocycles. The largest absolute Gasteiger partial charge is 0.497 e. The molecule has 0 aliphatic carbocycles. The molecule has 0 saturated carbocycles. The van der Waals surface area contributed by atoms with E-state index in [9.17, 15) is 18.8 Å². The topological polar surface area (TPSA) is 109 Å². The van der Waals surface area contributed by atoms with Crippen LogP contribution >= 0.6 is 0 Å². The smallest absolute Gasteiger partial charge is 0.321 e. The number of halogens is 1. The molecule has 0 unspecified atom stereocenters. The number of ether oxygens (including phenoxy) is 2. The molecule has 1 heterocycles. The molecule has 1 atom stereocenters. The lowest BCUT2D eigenvalue weighted by molar-refractivity contribution is -0.128. The van der Waals surface area contributed by atoms with Crippen molar-refractivity contribution < 1.29 is 28.2 Å². The summed E-state index contributed by atoms with van der Waals surface area (Å²) in [4.78, 5) is 38.9. The highest BCUT2D eigenvalue weighted by Crippen LogP contribution is 2.26. The quantitative estimate of drug-likeness (QED) is 0.532. The average Bonchev–Trinajstić information content (AvgIpc) is 2.85. The van der Waals surface area contributed by atoms with Gasteiger partial charge in [0.2, 0.25) is 11.8 Å². The van der Waals surface area contributed by atoms with Crippen LogP contribution in [0, 0.1) is 5.82 Å². The molecule has 0 radical (unpaired) electrons. The van der Waals surface area contributed by atoms with Gasteiger partial charge in [0.1, 0.15) is 23.4 Å². The Kier molecular flexibility index (Phi) is 8.88. The van der Waals surface area contributed by atoms with Crippen LogP contribution in [0.2, 0.25) is 0 Å². The van der Waals surface area contributed by atoms with E-state index in [0.717, 1.165) is 5.56 Å². The van der Waals surface area contributed by atoms with Crippen LogP contribution in [-0.2, 0) is 16.0 Å². The van der Waals surface area contributed by atoms with E-state index in [1.165, 1.54) is 26.2 Å². The molecular formula is C25H31FN4O5. The molecule has 35 heavy (non-hydrogen) atoms. The highest BCUT2D eigenvalue weighted by atomic mass is 19.1. The minimum Gasteiger partial charge on any atom is -0.497 e. The minimum absolute atomic E-state index is 0.125. The van der Waals surface area contributed by atoms with Crippen LogP contribution in [0.5, 0.6) is 11.5 Å². The van der Waals surface area contributed by atoms with Gasteiger partial charge in [-0.3, -0.25) is 9.59 Å². The van der Waals surface area contributed by atoms with Gasteiger partial charge in [-0.05, 0) is 36.6 Å². The van der Waals surface area contributed by atoms with Gasteiger partial charge < -0.3 is 30.3 Å². The van der Waals surface area contributed by atoms with E-state index in [-0.39, 0.29) is 36.0 Å². The summed E-state index contributed by atoms with van der Waals surface area (Å²) in [6.07, 6.45) is 1.31. The normalized spacial score (nSPS) is 14.6. The number of hydrogen-bond acceptors (Lipinski definition) is 5. The molecule has 10 heteroatoms. The number of benzene rings is 2. The molecule has 1 aliphatic rings. The maximum atomic E-state index is 13.8. The van der Waals surface area contributed by atoms with Crippen molar-refractivity contribution in [1.82, 2.24) is 15.5 Å². The zero-order chi connectivity index (χ0) is 25.4. The third-order valence-electron chi connectivity index (χ3n) is 5.86. The van der Waals surface area contributed by atoms with Crippen molar-refractivity contribution in [3.63, 3.8) is 0 Å². The summed E-state index contributed by atoms with van der Waals surface area (Å²) in [5.74, 6) is 0.0451. The molecular weight excluding hydrogens is 455 g/mol. The molecule has 0 aromatic heterocycles. The number of anilines is 1. The van der Waals surface area contributed by atoms with Gasteiger partial charge in [-0.2, -0.15) is 0 Å². The first kappa shape index (κ1) is 25.8. The number of para-hydroxylation sites is 1. The first-order chi connectivity index (χ1) is 16.8. The van der Waals surface area contributed by atoms with Crippen molar-refractivity contribution in [3.8, 4) is 11.5 Å². The summed E-state index contributed by atoms with van der Waals surface area (Å²) < 4.78 is 24.4. The molecule has 0 spiro atoms. The summed E-state index contributed by atoms with van der Waals surface area (Å²) in [5, 5.41) is 8.27. The highest BCUT2D eigenvalue weighted by Gasteiger charge is 2.28. The standard InChI is InChI=1S/C25H31FN4O5/c1-16(31)27-22(14-17-8-9-19(34-2)15-23(17)35-3)24(32)28-18-10-12-30(13-11-18)25(33)29-21-7-5-4-6-20(21)26/h4-9,15,18,22H,10-14H2,1-3H3,(H,27,31)(H,28,32)(H,29,33)/t22-/m0/s1. The molecule has 9 nitrogen and oxygen atoms in total. The number of piperidine rings is 1. The van der Waals surface area contributed by atoms with Crippen molar-refractivity contribution in [3.05, 3.63) is 53.8 Å². The number of nitrogens with one attached hydrogen (secondary N) is 3. The van der Waals surface area contributed by atoms with Crippen LogP contribution in [0.25, 0.3) is 0 Å². The second kappa shape index (κ2) is 12.0. The number of nitrogens with zero attached hydrogens (tertiary/aromatic N) is 1. The Morgan fingerprint density at radius 2 is 1.80 bits per heavy atom. The average molecular weight is 487 g/mol. The molecule has 188 valence electrons. The maximum absolute atomic E-state index is 13.8. The number of methoxy groups -OCH3 is 2. The molecule has 4 amide bonds. The van der Waals surface area contributed by atoms with Crippen molar-refractivity contribution in [2.45, 2.75) is 38.3 Å². The van der Waals surface area contributed by atoms with E-state index in [1.807, 2.05) is 0 Å². The van der Waals surface area contributed by atoms with E-state index in [4.69, 9.17) is 9.47 Å². The maximum Gasteiger partial charge on any atom is 0.321 e. The number of rotatable bonds is 8. The van der Waals surface area contributed by atoms with Crippen LogP contribution < -0.4 is 25.4 Å². The van der Waals surface area contributed by atoms with E-state index >= 15 is 0 Å². The summed E-state index contributed by atoms with van der Waals surface area (Å²) in [6, 6.07) is 9.93. The Labute approximate surface area is 204 Å². The van der Waals surface area contributed by atoms with Gasteiger partial charge in [0.15, 0.2) is 0 Å². The first-order valence-corrected chi connectivity index (χ1v) is 11.4. The van der Waals surface area contributed by atoms with Crippen LogP contribution in [-0.4, -0.2) is 62.1 Å². The summed E-state index contributed by atoms with van der Waals surface area (Å²) >= 11 is 0. The van der Waals surface area contributed by atoms with Gasteiger partial charge in [0.05, 0.1) is 19.9 Å². The Bertz CT molecular complexity index is 1060. The predicted octanol–water partition coefficient (Wildman–Crippen LogP) is 2.70. The van der Waals surface area contributed by atoms with Gasteiger partial charge in [-0.25, -0.2) is 9.18 Å². The van der Waals surface area contributed by atoms with Gasteiger partial charge in [-0.1, -0.05) is 18.2 Å². The fourth-order valence-electron chi connectivity index (χ4n) is 3.98. The second-order valence-corrected chi connectivity index (χ2v) is 8.31. The van der Waals surface area contributed by atoms with E-state index in [1.54, 1.807) is 42.3 Å². The number of hydrogen-bond donors (Lipinski definition) is 3. The zero-order valence-electron chi connectivity index (χ0n) is 20.1. The second-order valence-electron chi connectivity index (χ2n) is 8.31. The molecule has 2 aromatic carbocycles. The Morgan fingerprint density at radius 3 is 2.43 bits per heavy atom. The SMILES string of the molecule is COc1ccc(C[C@H](NC(C)=O)C(=O)NC2CCN(C(=O)Nc3ccccc3F)CC2)c(OC)c1. The number of likely N-dealkylation sites (tertiary alicyclic amines) is 1. The van der Waals surface area contributed by atoms with E-state index in [2.05, 4.69) is 16.0 Å². The Hall–Kier alpha value is -3.82.